The summed E-state index contributed by atoms with van der Waals surface area (Å²) in [4.78, 5) is 25.4. The lowest BCUT2D eigenvalue weighted by Gasteiger charge is -2.39. The van der Waals surface area contributed by atoms with E-state index in [4.69, 9.17) is 18.9 Å². The van der Waals surface area contributed by atoms with Crippen LogP contribution in [0, 0.1) is 0 Å². The molecule has 1 heterocycles. The standard InChI is InChI=1S/C50H88O10/c1-3-5-7-9-11-13-15-17-18-19-20-21-22-23-24-25-26-27-29-31-33-35-37-39-46(53)59-43(42-58-50-49(56)48(55)47(54)44(40-51)60-50)41-57-45(52)38-36-34-32-30-28-16-14-12-10-8-6-4-2/h5,7,11,13,17-18,20-21,43-44,47-51,54-56H,3-4,6,8-10,12,14-16,19,22-42H2,1-2H3/b7-5-,13-11-,18-17-,21-20-. The van der Waals surface area contributed by atoms with Gasteiger partial charge in [-0.25, -0.2) is 0 Å². The lowest BCUT2D eigenvalue weighted by atomic mass is 9.99. The van der Waals surface area contributed by atoms with Gasteiger partial charge in [0.1, 0.15) is 31.0 Å². The molecule has 6 unspecified atom stereocenters. The second-order valence-electron chi connectivity index (χ2n) is 16.5. The van der Waals surface area contributed by atoms with Gasteiger partial charge in [0.25, 0.3) is 0 Å². The number of aliphatic hydroxyl groups is 4. The molecule has 0 amide bonds. The van der Waals surface area contributed by atoms with Gasteiger partial charge in [0.15, 0.2) is 12.4 Å². The van der Waals surface area contributed by atoms with Gasteiger partial charge < -0.3 is 39.4 Å². The number of hydrogen-bond acceptors (Lipinski definition) is 10. The summed E-state index contributed by atoms with van der Waals surface area (Å²) in [5.74, 6) is -0.808. The number of carbonyl (C=O) groups excluding carboxylic acids is 2. The van der Waals surface area contributed by atoms with Gasteiger partial charge in [-0.05, 0) is 51.4 Å². The first-order chi connectivity index (χ1) is 29.3. The summed E-state index contributed by atoms with van der Waals surface area (Å²) >= 11 is 0. The Morgan fingerprint density at radius 1 is 0.533 bits per heavy atom. The van der Waals surface area contributed by atoms with E-state index in [-0.39, 0.29) is 32.0 Å². The maximum absolute atomic E-state index is 12.8. The van der Waals surface area contributed by atoms with Crippen LogP contribution in [-0.2, 0) is 28.5 Å². The summed E-state index contributed by atoms with van der Waals surface area (Å²) in [5.41, 5.74) is 0. The van der Waals surface area contributed by atoms with Crippen LogP contribution in [0.25, 0.3) is 0 Å². The lowest BCUT2D eigenvalue weighted by Crippen LogP contribution is -2.59. The SMILES string of the molecule is CC/C=C\C/C=C\C/C=C\C/C=C\CCCCCCCCCCCCC(=O)OC(COC(=O)CCCCCCCCCCCCCC)COC1OC(CO)C(O)C(O)C1O. The number of carbonyl (C=O) groups is 2. The van der Waals surface area contributed by atoms with Gasteiger partial charge in [-0.1, -0.05) is 184 Å². The minimum atomic E-state index is -1.60. The summed E-state index contributed by atoms with van der Waals surface area (Å²) in [6, 6.07) is 0. The lowest BCUT2D eigenvalue weighted by molar-refractivity contribution is -0.305. The van der Waals surface area contributed by atoms with E-state index in [1.807, 2.05) is 0 Å². The van der Waals surface area contributed by atoms with Gasteiger partial charge in [0.05, 0.1) is 13.2 Å². The van der Waals surface area contributed by atoms with Gasteiger partial charge in [-0.3, -0.25) is 9.59 Å². The Labute approximate surface area is 365 Å². The third-order valence-corrected chi connectivity index (χ3v) is 11.0. The molecule has 10 nitrogen and oxygen atoms in total. The second kappa shape index (κ2) is 40.7. The number of allylic oxidation sites excluding steroid dienone is 8. The highest BCUT2D eigenvalue weighted by molar-refractivity contribution is 5.70. The average molecular weight is 849 g/mol. The number of hydrogen-bond donors (Lipinski definition) is 4. The number of ether oxygens (including phenoxy) is 4. The van der Waals surface area contributed by atoms with Crippen molar-refractivity contribution in [2.45, 2.75) is 237 Å². The van der Waals surface area contributed by atoms with Crippen molar-refractivity contribution >= 4 is 11.9 Å². The van der Waals surface area contributed by atoms with Crippen molar-refractivity contribution in [3.8, 4) is 0 Å². The van der Waals surface area contributed by atoms with Crippen molar-refractivity contribution in [2.24, 2.45) is 0 Å². The van der Waals surface area contributed by atoms with Gasteiger partial charge in [0.2, 0.25) is 0 Å². The molecule has 0 aromatic heterocycles. The number of rotatable bonds is 40. The van der Waals surface area contributed by atoms with Crippen LogP contribution in [-0.4, -0.2) is 89.0 Å². The fourth-order valence-corrected chi connectivity index (χ4v) is 7.18. The van der Waals surface area contributed by atoms with E-state index in [1.54, 1.807) is 0 Å². The second-order valence-corrected chi connectivity index (χ2v) is 16.5. The summed E-state index contributed by atoms with van der Waals surface area (Å²) < 4.78 is 22.2. The Kier molecular flexibility index (Phi) is 37.8. The van der Waals surface area contributed by atoms with Crippen LogP contribution in [0.5, 0.6) is 0 Å². The van der Waals surface area contributed by atoms with Crippen molar-refractivity contribution in [3.63, 3.8) is 0 Å². The predicted molar refractivity (Wildman–Crippen MR) is 242 cm³/mol. The highest BCUT2D eigenvalue weighted by atomic mass is 16.7. The first-order valence-electron chi connectivity index (χ1n) is 24.2. The van der Waals surface area contributed by atoms with Crippen LogP contribution in [0.15, 0.2) is 48.6 Å². The normalized spacial score (nSPS) is 20.3. The molecule has 0 bridgehead atoms. The summed E-state index contributed by atoms with van der Waals surface area (Å²) in [7, 11) is 0. The van der Waals surface area contributed by atoms with E-state index in [0.29, 0.717) is 6.42 Å². The molecule has 10 heteroatoms. The molecule has 1 fully saturated rings. The third kappa shape index (κ3) is 31.5. The van der Waals surface area contributed by atoms with Crippen LogP contribution in [0.3, 0.4) is 0 Å². The molecule has 1 rings (SSSR count). The van der Waals surface area contributed by atoms with Crippen LogP contribution < -0.4 is 0 Å². The maximum Gasteiger partial charge on any atom is 0.306 e. The zero-order chi connectivity index (χ0) is 43.7. The first kappa shape index (κ1) is 55.7. The monoisotopic (exact) mass is 849 g/mol. The molecular formula is C50H88O10. The van der Waals surface area contributed by atoms with E-state index in [9.17, 15) is 30.0 Å². The largest absolute Gasteiger partial charge is 0.462 e. The summed E-state index contributed by atoms with van der Waals surface area (Å²) in [6.45, 7) is 3.31. The molecule has 1 aliphatic rings. The smallest absolute Gasteiger partial charge is 0.306 e. The number of unbranched alkanes of at least 4 members (excludes halogenated alkanes) is 21. The molecule has 0 radical (unpaired) electrons. The number of esters is 2. The topological polar surface area (TPSA) is 152 Å². The van der Waals surface area contributed by atoms with Gasteiger partial charge in [-0.2, -0.15) is 0 Å². The number of aliphatic hydroxyl groups excluding tert-OH is 4. The Morgan fingerprint density at radius 3 is 1.48 bits per heavy atom. The Bertz CT molecular complexity index is 1120. The molecule has 0 aromatic carbocycles. The Hall–Kier alpha value is -2.34. The van der Waals surface area contributed by atoms with Crippen LogP contribution in [0.2, 0.25) is 0 Å². The van der Waals surface area contributed by atoms with Crippen molar-refractivity contribution in [1.29, 1.82) is 0 Å². The fraction of sp³-hybridized carbons (Fsp3) is 0.800. The van der Waals surface area contributed by atoms with Crippen LogP contribution in [0.4, 0.5) is 0 Å². The minimum Gasteiger partial charge on any atom is -0.462 e. The van der Waals surface area contributed by atoms with Gasteiger partial charge >= 0.3 is 11.9 Å². The van der Waals surface area contributed by atoms with Gasteiger partial charge in [0, 0.05) is 12.8 Å². The predicted octanol–water partition coefficient (Wildman–Crippen LogP) is 10.8. The van der Waals surface area contributed by atoms with Crippen LogP contribution in [0.1, 0.15) is 200 Å². The van der Waals surface area contributed by atoms with E-state index < -0.39 is 49.4 Å². The summed E-state index contributed by atoms with van der Waals surface area (Å²) in [5, 5.41) is 40.1. The van der Waals surface area contributed by atoms with E-state index >= 15 is 0 Å². The molecule has 0 aromatic rings. The molecule has 1 aliphatic heterocycles. The maximum atomic E-state index is 12.8. The summed E-state index contributed by atoms with van der Waals surface area (Å²) in [6.07, 6.45) is 41.2. The molecular weight excluding hydrogens is 761 g/mol. The molecule has 60 heavy (non-hydrogen) atoms. The minimum absolute atomic E-state index is 0.218. The van der Waals surface area contributed by atoms with E-state index in [0.717, 1.165) is 70.6 Å². The quantitative estimate of drug-likeness (QED) is 0.0266. The van der Waals surface area contributed by atoms with Crippen molar-refractivity contribution in [2.75, 3.05) is 19.8 Å². The molecule has 0 spiro atoms. The Morgan fingerprint density at radius 2 is 0.983 bits per heavy atom. The molecule has 348 valence electrons. The molecule has 1 saturated heterocycles. The zero-order valence-electron chi connectivity index (χ0n) is 37.9. The highest BCUT2D eigenvalue weighted by Gasteiger charge is 2.44. The third-order valence-electron chi connectivity index (χ3n) is 11.0. The molecule has 6 atom stereocenters. The molecule has 4 N–H and O–H groups in total. The Balaban J connectivity index is 2.26. The van der Waals surface area contributed by atoms with Crippen LogP contribution >= 0.6 is 0 Å². The van der Waals surface area contributed by atoms with Gasteiger partial charge in [-0.15, -0.1) is 0 Å². The molecule has 0 saturated carbocycles. The fourth-order valence-electron chi connectivity index (χ4n) is 7.18. The highest BCUT2D eigenvalue weighted by Crippen LogP contribution is 2.23. The van der Waals surface area contributed by atoms with E-state index in [1.165, 1.54) is 96.3 Å². The van der Waals surface area contributed by atoms with Crippen molar-refractivity contribution in [3.05, 3.63) is 48.6 Å². The van der Waals surface area contributed by atoms with Crippen molar-refractivity contribution in [1.82, 2.24) is 0 Å². The van der Waals surface area contributed by atoms with Crippen molar-refractivity contribution < 1.29 is 49.0 Å². The zero-order valence-corrected chi connectivity index (χ0v) is 37.9. The molecule has 0 aliphatic carbocycles. The van der Waals surface area contributed by atoms with E-state index in [2.05, 4.69) is 62.5 Å². The average Bonchev–Trinajstić information content (AvgIpc) is 3.25. The first-order valence-corrected chi connectivity index (χ1v) is 24.2.